The Morgan fingerprint density at radius 3 is 2.41 bits per heavy atom. The molecule has 96 valence electrons. The first-order chi connectivity index (χ1) is 8.40. The maximum absolute atomic E-state index is 9.28. The predicted molar refractivity (Wildman–Crippen MR) is 68.5 cm³/mol. The van der Waals surface area contributed by atoms with Crippen LogP contribution in [-0.4, -0.2) is 35.0 Å². The minimum Gasteiger partial charge on any atom is -0.411 e. The molecule has 2 saturated carbocycles. The molecule has 0 amide bonds. The molecule has 2 bridgehead atoms. The zero-order valence-corrected chi connectivity index (χ0v) is 10.6. The van der Waals surface area contributed by atoms with Crippen LogP contribution in [0.2, 0.25) is 0 Å². The molecule has 2 aliphatic carbocycles. The highest BCUT2D eigenvalue weighted by Crippen LogP contribution is 2.45. The lowest BCUT2D eigenvalue weighted by Gasteiger charge is -2.35. The van der Waals surface area contributed by atoms with Gasteiger partial charge in [-0.1, -0.05) is 24.4 Å². The Kier molecular flexibility index (Phi) is 3.37. The quantitative estimate of drug-likeness (QED) is 0.561. The van der Waals surface area contributed by atoms with Gasteiger partial charge in [0.05, 0.1) is 11.8 Å². The Morgan fingerprint density at radius 1 is 1.00 bits per heavy atom. The molecule has 17 heavy (non-hydrogen) atoms. The van der Waals surface area contributed by atoms with E-state index in [-0.39, 0.29) is 0 Å². The Morgan fingerprint density at radius 2 is 1.71 bits per heavy atom. The summed E-state index contributed by atoms with van der Waals surface area (Å²) in [5.41, 5.74) is 1.11. The summed E-state index contributed by atoms with van der Waals surface area (Å²) in [6.07, 6.45) is 10.7. The van der Waals surface area contributed by atoms with E-state index in [2.05, 4.69) is 10.1 Å². The second-order valence-corrected chi connectivity index (χ2v) is 6.04. The summed E-state index contributed by atoms with van der Waals surface area (Å²) >= 11 is 0. The summed E-state index contributed by atoms with van der Waals surface area (Å²) in [7, 11) is 0. The van der Waals surface area contributed by atoms with E-state index in [0.29, 0.717) is 12.0 Å². The van der Waals surface area contributed by atoms with E-state index in [4.69, 9.17) is 0 Å². The van der Waals surface area contributed by atoms with Crippen LogP contribution in [0.1, 0.15) is 51.4 Å². The van der Waals surface area contributed by atoms with Crippen LogP contribution in [0.3, 0.4) is 0 Å². The van der Waals surface area contributed by atoms with Gasteiger partial charge in [-0.3, -0.25) is 4.90 Å². The molecule has 3 rings (SSSR count). The number of hydrogen-bond donors (Lipinski definition) is 1. The maximum Gasteiger partial charge on any atom is 0.0775 e. The maximum atomic E-state index is 9.28. The van der Waals surface area contributed by atoms with Crippen molar-refractivity contribution in [1.29, 1.82) is 0 Å². The molecular formula is C14H24N2O. The first-order valence-electron chi connectivity index (χ1n) is 7.36. The zero-order valence-electron chi connectivity index (χ0n) is 10.6. The van der Waals surface area contributed by atoms with Crippen LogP contribution in [-0.2, 0) is 0 Å². The Hall–Kier alpha value is -0.570. The highest BCUT2D eigenvalue weighted by atomic mass is 16.4. The van der Waals surface area contributed by atoms with E-state index in [1.54, 1.807) is 0 Å². The summed E-state index contributed by atoms with van der Waals surface area (Å²) in [5.74, 6) is 1.38. The van der Waals surface area contributed by atoms with Crippen molar-refractivity contribution in [3.63, 3.8) is 0 Å². The Labute approximate surface area is 104 Å². The van der Waals surface area contributed by atoms with Gasteiger partial charge in [0, 0.05) is 5.92 Å². The van der Waals surface area contributed by atoms with Gasteiger partial charge in [-0.25, -0.2) is 0 Å². The smallest absolute Gasteiger partial charge is 0.0775 e. The molecule has 0 aromatic heterocycles. The van der Waals surface area contributed by atoms with Crippen LogP contribution in [0.25, 0.3) is 0 Å². The summed E-state index contributed by atoms with van der Waals surface area (Å²) in [6.45, 7) is 2.43. The molecule has 1 N–H and O–H groups in total. The van der Waals surface area contributed by atoms with Crippen LogP contribution in [0.4, 0.5) is 0 Å². The fraction of sp³-hybridized carbons (Fsp3) is 0.929. The van der Waals surface area contributed by atoms with Gasteiger partial charge >= 0.3 is 0 Å². The van der Waals surface area contributed by atoms with Gasteiger partial charge in [-0.05, 0) is 51.1 Å². The third kappa shape index (κ3) is 2.10. The molecule has 1 aliphatic heterocycles. The third-order valence-electron chi connectivity index (χ3n) is 5.04. The highest BCUT2D eigenvalue weighted by Gasteiger charge is 2.47. The lowest BCUT2D eigenvalue weighted by atomic mass is 9.91. The largest absolute Gasteiger partial charge is 0.411 e. The second-order valence-electron chi connectivity index (χ2n) is 6.04. The van der Waals surface area contributed by atoms with E-state index in [9.17, 15) is 5.21 Å². The standard InChI is InChI=1S/C14H24N2O/c17-15-13-11-6-7-12(10-11)14(13)16-8-4-2-1-3-5-9-16/h11-12,14,17H,1-10H2/b15-13+/t11-,12+,14-/m0/s1. The molecule has 0 spiro atoms. The normalized spacial score (nSPS) is 41.6. The number of likely N-dealkylation sites (tertiary alicyclic amines) is 1. The third-order valence-corrected chi connectivity index (χ3v) is 5.04. The number of oxime groups is 1. The van der Waals surface area contributed by atoms with Gasteiger partial charge in [-0.2, -0.15) is 0 Å². The molecule has 0 radical (unpaired) electrons. The van der Waals surface area contributed by atoms with Crippen LogP contribution in [0.15, 0.2) is 5.16 Å². The molecule has 3 heteroatoms. The zero-order chi connectivity index (χ0) is 11.7. The Balaban J connectivity index is 1.73. The van der Waals surface area contributed by atoms with Crippen molar-refractivity contribution in [2.24, 2.45) is 17.0 Å². The predicted octanol–water partition coefficient (Wildman–Crippen LogP) is 2.88. The highest BCUT2D eigenvalue weighted by molar-refractivity contribution is 5.94. The first-order valence-corrected chi connectivity index (χ1v) is 7.36. The van der Waals surface area contributed by atoms with Crippen molar-refractivity contribution in [3.05, 3.63) is 0 Å². The molecule has 1 heterocycles. The van der Waals surface area contributed by atoms with Gasteiger partial charge < -0.3 is 5.21 Å². The van der Waals surface area contributed by atoms with Crippen molar-refractivity contribution >= 4 is 5.71 Å². The molecule has 0 aromatic rings. The van der Waals surface area contributed by atoms with Gasteiger partial charge in [0.25, 0.3) is 0 Å². The molecule has 0 aromatic carbocycles. The fourth-order valence-corrected chi connectivity index (χ4v) is 4.23. The number of fused-ring (bicyclic) bond motifs is 2. The van der Waals surface area contributed by atoms with Gasteiger partial charge in [0.15, 0.2) is 0 Å². The second kappa shape index (κ2) is 4.97. The van der Waals surface area contributed by atoms with Crippen LogP contribution < -0.4 is 0 Å². The van der Waals surface area contributed by atoms with E-state index in [1.807, 2.05) is 0 Å². The van der Waals surface area contributed by atoms with Crippen molar-refractivity contribution in [2.45, 2.75) is 57.4 Å². The van der Waals surface area contributed by atoms with Gasteiger partial charge in [0.2, 0.25) is 0 Å². The molecule has 3 nitrogen and oxygen atoms in total. The lowest BCUT2D eigenvalue weighted by molar-refractivity contribution is 0.176. The van der Waals surface area contributed by atoms with Gasteiger partial charge in [-0.15, -0.1) is 0 Å². The van der Waals surface area contributed by atoms with Crippen LogP contribution in [0, 0.1) is 11.8 Å². The van der Waals surface area contributed by atoms with E-state index >= 15 is 0 Å². The first kappa shape index (κ1) is 11.5. The summed E-state index contributed by atoms with van der Waals surface area (Å²) in [5, 5.41) is 12.9. The molecule has 1 saturated heterocycles. The SMILES string of the molecule is O/N=C1\[C@H]2CC[C@H](C2)[C@@H]1N1CCCCCCC1. The summed E-state index contributed by atoms with van der Waals surface area (Å²) in [4.78, 5) is 2.62. The number of hydrogen-bond acceptors (Lipinski definition) is 3. The Bertz CT molecular complexity index is 295. The van der Waals surface area contributed by atoms with Crippen molar-refractivity contribution in [3.8, 4) is 0 Å². The minimum absolute atomic E-state index is 0.483. The van der Waals surface area contributed by atoms with Crippen molar-refractivity contribution in [1.82, 2.24) is 4.90 Å². The molecule has 3 fully saturated rings. The number of nitrogens with zero attached hydrogens (tertiary/aromatic N) is 2. The van der Waals surface area contributed by atoms with E-state index < -0.39 is 0 Å². The fourth-order valence-electron chi connectivity index (χ4n) is 4.23. The molecule has 3 atom stereocenters. The average Bonchev–Trinajstić information content (AvgIpc) is 2.88. The van der Waals surface area contributed by atoms with Gasteiger partial charge in [0.1, 0.15) is 0 Å². The topological polar surface area (TPSA) is 35.8 Å². The molecule has 3 aliphatic rings. The molecule has 0 unspecified atom stereocenters. The summed E-state index contributed by atoms with van der Waals surface area (Å²) in [6, 6.07) is 0.483. The van der Waals surface area contributed by atoms with E-state index in [1.165, 1.54) is 64.5 Å². The molecular weight excluding hydrogens is 212 g/mol. The monoisotopic (exact) mass is 236 g/mol. The van der Waals surface area contributed by atoms with Crippen LogP contribution in [0.5, 0.6) is 0 Å². The van der Waals surface area contributed by atoms with Crippen LogP contribution >= 0.6 is 0 Å². The van der Waals surface area contributed by atoms with E-state index in [0.717, 1.165) is 11.6 Å². The average molecular weight is 236 g/mol. The number of rotatable bonds is 1. The van der Waals surface area contributed by atoms with Crippen molar-refractivity contribution in [2.75, 3.05) is 13.1 Å². The van der Waals surface area contributed by atoms with Crippen molar-refractivity contribution < 1.29 is 5.21 Å². The summed E-state index contributed by atoms with van der Waals surface area (Å²) < 4.78 is 0. The minimum atomic E-state index is 0.483. The lowest BCUT2D eigenvalue weighted by Crippen LogP contribution is -2.46.